The van der Waals surface area contributed by atoms with E-state index in [4.69, 9.17) is 14.7 Å². The molecule has 3 heterocycles. The van der Waals surface area contributed by atoms with E-state index in [2.05, 4.69) is 40.4 Å². The zero-order valence-electron chi connectivity index (χ0n) is 25.4. The van der Waals surface area contributed by atoms with Crippen LogP contribution in [0.25, 0.3) is 22.2 Å². The van der Waals surface area contributed by atoms with Gasteiger partial charge in [0.05, 0.1) is 30.6 Å². The first-order valence-electron chi connectivity index (χ1n) is 15.9. The number of likely N-dealkylation sites (tertiary alicyclic amines) is 1. The number of benzene rings is 1. The topological polar surface area (TPSA) is 100 Å². The minimum atomic E-state index is -0.203. The van der Waals surface area contributed by atoms with E-state index >= 15 is 0 Å². The standard InChI is InChI=1S/C34H45N5O3/c1-4-24(40)8-6-5-7-9-28(38-33(41)26-20-34(26)14-16-39(2)17-15-34)32-35-21-30(37-32)25-18-23-12-13-27(22-10-11-22)36-29(23)19-31(25)42-3/h12-13,18-19,21-22,26,28H,4-11,14-17,20H2,1-3H3,(H,35,37)(H,38,41)/t26?,28-/m0/s1. The van der Waals surface area contributed by atoms with Gasteiger partial charge in [-0.3, -0.25) is 14.6 Å². The van der Waals surface area contributed by atoms with E-state index in [0.717, 1.165) is 97.5 Å². The SMILES string of the molecule is CCC(=O)CCCCC[C@H](NC(=O)C1CC12CCN(C)CC2)c1ncc(-c2cc3ccc(C4CC4)nc3cc2OC)[nH]1. The van der Waals surface area contributed by atoms with Crippen LogP contribution in [0.5, 0.6) is 5.75 Å². The van der Waals surface area contributed by atoms with Crippen molar-refractivity contribution in [3.8, 4) is 17.0 Å². The number of carbonyl (C=O) groups is 2. The zero-order valence-corrected chi connectivity index (χ0v) is 25.4. The molecule has 1 aromatic carbocycles. The maximum Gasteiger partial charge on any atom is 0.224 e. The van der Waals surface area contributed by atoms with Crippen LogP contribution < -0.4 is 10.1 Å². The van der Waals surface area contributed by atoms with Crippen LogP contribution in [0.3, 0.4) is 0 Å². The van der Waals surface area contributed by atoms with Gasteiger partial charge in [-0.15, -0.1) is 0 Å². The second-order valence-corrected chi connectivity index (χ2v) is 12.9. The Kier molecular flexibility index (Phi) is 8.35. The summed E-state index contributed by atoms with van der Waals surface area (Å²) in [5.41, 5.74) is 4.08. The Labute approximate surface area is 249 Å². The minimum Gasteiger partial charge on any atom is -0.496 e. The second-order valence-electron chi connectivity index (χ2n) is 12.9. The third-order valence-electron chi connectivity index (χ3n) is 9.89. The molecule has 0 bridgehead atoms. The Morgan fingerprint density at radius 2 is 1.98 bits per heavy atom. The lowest BCUT2D eigenvalue weighted by Crippen LogP contribution is -2.36. The van der Waals surface area contributed by atoms with Crippen molar-refractivity contribution in [1.82, 2.24) is 25.2 Å². The number of hydrogen-bond acceptors (Lipinski definition) is 6. The highest BCUT2D eigenvalue weighted by molar-refractivity contribution is 5.88. The fraction of sp³-hybridized carbons (Fsp3) is 0.588. The summed E-state index contributed by atoms with van der Waals surface area (Å²) in [4.78, 5) is 40.9. The van der Waals surface area contributed by atoms with E-state index in [1.165, 1.54) is 12.8 Å². The monoisotopic (exact) mass is 571 g/mol. The van der Waals surface area contributed by atoms with E-state index in [-0.39, 0.29) is 23.3 Å². The Morgan fingerprint density at radius 1 is 1.17 bits per heavy atom. The zero-order chi connectivity index (χ0) is 29.3. The number of aromatic nitrogens is 3. The van der Waals surface area contributed by atoms with E-state index in [9.17, 15) is 9.59 Å². The number of imidazole rings is 1. The molecular formula is C34H45N5O3. The van der Waals surface area contributed by atoms with Gasteiger partial charge in [-0.2, -0.15) is 0 Å². The van der Waals surface area contributed by atoms with Crippen molar-refractivity contribution in [2.45, 2.75) is 89.5 Å². The van der Waals surface area contributed by atoms with Crippen molar-refractivity contribution in [3.05, 3.63) is 42.0 Å². The molecule has 1 aliphatic heterocycles. The molecular weight excluding hydrogens is 526 g/mol. The summed E-state index contributed by atoms with van der Waals surface area (Å²) in [6.45, 7) is 4.05. The number of carbonyl (C=O) groups excluding carboxylic acids is 2. The van der Waals surface area contributed by atoms with Gasteiger partial charge < -0.3 is 19.9 Å². The molecule has 6 rings (SSSR count). The van der Waals surface area contributed by atoms with Crippen LogP contribution in [0.1, 0.15) is 101 Å². The van der Waals surface area contributed by atoms with Gasteiger partial charge >= 0.3 is 0 Å². The van der Waals surface area contributed by atoms with Crippen molar-refractivity contribution in [2.24, 2.45) is 11.3 Å². The van der Waals surface area contributed by atoms with Crippen LogP contribution >= 0.6 is 0 Å². The molecule has 2 aliphatic carbocycles. The molecule has 1 amide bonds. The molecule has 1 saturated heterocycles. The predicted octanol–water partition coefficient (Wildman–Crippen LogP) is 6.33. The van der Waals surface area contributed by atoms with E-state index in [1.807, 2.05) is 19.2 Å². The fourth-order valence-electron chi connectivity index (χ4n) is 6.71. The maximum atomic E-state index is 13.5. The van der Waals surface area contributed by atoms with Gasteiger partial charge in [0.1, 0.15) is 17.4 Å². The summed E-state index contributed by atoms with van der Waals surface area (Å²) in [7, 11) is 3.85. The molecule has 0 radical (unpaired) electrons. The number of rotatable bonds is 13. The Morgan fingerprint density at radius 3 is 2.71 bits per heavy atom. The number of hydrogen-bond donors (Lipinski definition) is 2. The first-order chi connectivity index (χ1) is 20.4. The largest absolute Gasteiger partial charge is 0.496 e. The molecule has 2 saturated carbocycles. The molecule has 2 aromatic heterocycles. The van der Waals surface area contributed by atoms with Crippen LogP contribution in [0.15, 0.2) is 30.5 Å². The highest BCUT2D eigenvalue weighted by Crippen LogP contribution is 2.59. The van der Waals surface area contributed by atoms with Gasteiger partial charge in [0, 0.05) is 47.4 Å². The number of aromatic amines is 1. The molecule has 1 unspecified atom stereocenters. The van der Waals surface area contributed by atoms with Gasteiger partial charge in [0.15, 0.2) is 0 Å². The maximum absolute atomic E-state index is 13.5. The quantitative estimate of drug-likeness (QED) is 0.233. The number of nitrogens with one attached hydrogen (secondary N) is 2. The number of H-pyrrole nitrogens is 1. The van der Waals surface area contributed by atoms with E-state index in [0.29, 0.717) is 24.5 Å². The first-order valence-corrected chi connectivity index (χ1v) is 15.9. The summed E-state index contributed by atoms with van der Waals surface area (Å²) in [6, 6.07) is 8.22. The second kappa shape index (κ2) is 12.2. The number of ether oxygens (including phenoxy) is 1. The Hall–Kier alpha value is -3.26. The number of piperidine rings is 1. The number of amides is 1. The van der Waals surface area contributed by atoms with Crippen LogP contribution in [0.4, 0.5) is 0 Å². The number of ketones is 1. The summed E-state index contributed by atoms with van der Waals surface area (Å²) < 4.78 is 5.80. The summed E-state index contributed by atoms with van der Waals surface area (Å²) in [5.74, 6) is 2.69. The molecule has 8 heteroatoms. The van der Waals surface area contributed by atoms with Gasteiger partial charge in [-0.1, -0.05) is 25.8 Å². The summed E-state index contributed by atoms with van der Waals surface area (Å²) >= 11 is 0. The molecule has 2 N–H and O–H groups in total. The van der Waals surface area contributed by atoms with Crippen molar-refractivity contribution in [3.63, 3.8) is 0 Å². The molecule has 3 fully saturated rings. The fourth-order valence-corrected chi connectivity index (χ4v) is 6.71. The van der Waals surface area contributed by atoms with Crippen molar-refractivity contribution < 1.29 is 14.3 Å². The number of nitrogens with zero attached hydrogens (tertiary/aromatic N) is 3. The highest BCUT2D eigenvalue weighted by Gasteiger charge is 2.58. The van der Waals surface area contributed by atoms with Crippen LogP contribution in [0, 0.1) is 11.3 Å². The molecule has 42 heavy (non-hydrogen) atoms. The lowest BCUT2D eigenvalue weighted by Gasteiger charge is -2.30. The number of unbranched alkanes of at least 4 members (excludes halogenated alkanes) is 2. The van der Waals surface area contributed by atoms with Crippen molar-refractivity contribution in [1.29, 1.82) is 0 Å². The van der Waals surface area contributed by atoms with Gasteiger partial charge in [0.25, 0.3) is 0 Å². The van der Waals surface area contributed by atoms with Crippen LogP contribution in [0.2, 0.25) is 0 Å². The van der Waals surface area contributed by atoms with Crippen molar-refractivity contribution >= 4 is 22.6 Å². The van der Waals surface area contributed by atoms with Gasteiger partial charge in [0.2, 0.25) is 5.91 Å². The smallest absolute Gasteiger partial charge is 0.224 e. The van der Waals surface area contributed by atoms with E-state index < -0.39 is 0 Å². The molecule has 3 aromatic rings. The minimum absolute atomic E-state index is 0.0962. The third-order valence-corrected chi connectivity index (χ3v) is 9.89. The van der Waals surface area contributed by atoms with E-state index in [1.54, 1.807) is 7.11 Å². The average Bonchev–Trinajstić information content (AvgIpc) is 3.93. The number of methoxy groups -OCH3 is 1. The Balaban J connectivity index is 1.19. The van der Waals surface area contributed by atoms with Gasteiger partial charge in [-0.25, -0.2) is 4.98 Å². The third kappa shape index (κ3) is 6.24. The van der Waals surface area contributed by atoms with Crippen LogP contribution in [-0.2, 0) is 9.59 Å². The normalized spacial score (nSPS) is 20.5. The Bertz CT molecular complexity index is 1440. The average molecular weight is 572 g/mol. The molecule has 8 nitrogen and oxygen atoms in total. The molecule has 224 valence electrons. The number of Topliss-reactive ketones (excluding diaryl/α,β-unsaturated/α-hetero) is 1. The van der Waals surface area contributed by atoms with Crippen molar-refractivity contribution in [2.75, 3.05) is 27.2 Å². The molecule has 3 aliphatic rings. The first kappa shape index (κ1) is 28.8. The van der Waals surface area contributed by atoms with Crippen LogP contribution in [-0.4, -0.2) is 58.8 Å². The predicted molar refractivity (Wildman–Crippen MR) is 164 cm³/mol. The number of fused-ring (bicyclic) bond motifs is 1. The molecule has 2 atom stereocenters. The highest BCUT2D eigenvalue weighted by atomic mass is 16.5. The van der Waals surface area contributed by atoms with Gasteiger partial charge in [-0.05, 0) is 82.6 Å². The summed E-state index contributed by atoms with van der Waals surface area (Å²) in [6.07, 6.45) is 12.3. The number of pyridine rings is 1. The summed E-state index contributed by atoms with van der Waals surface area (Å²) in [5, 5.41) is 4.44. The molecule has 1 spiro atoms. The lowest BCUT2D eigenvalue weighted by atomic mass is 9.91. The lowest BCUT2D eigenvalue weighted by molar-refractivity contribution is -0.124.